The maximum atomic E-state index is 13.3. The van der Waals surface area contributed by atoms with E-state index in [1.807, 2.05) is 61.5 Å². The highest BCUT2D eigenvalue weighted by Crippen LogP contribution is 2.27. The molecule has 0 spiro atoms. The zero-order valence-electron chi connectivity index (χ0n) is 16.7. The molecular formula is C24H18N4O2S. The summed E-state index contributed by atoms with van der Waals surface area (Å²) in [6.07, 6.45) is 1.64. The molecule has 2 aromatic carbocycles. The zero-order valence-corrected chi connectivity index (χ0v) is 17.5. The summed E-state index contributed by atoms with van der Waals surface area (Å²) in [5.74, 6) is -0.478. The molecule has 0 fully saturated rings. The predicted octanol–water partition coefficient (Wildman–Crippen LogP) is 4.62. The van der Waals surface area contributed by atoms with Gasteiger partial charge in [-0.25, -0.2) is 9.97 Å². The van der Waals surface area contributed by atoms with Crippen molar-refractivity contribution in [2.45, 2.75) is 13.5 Å². The maximum absolute atomic E-state index is 13.3. The number of amides is 1. The molecule has 1 N–H and O–H groups in total. The number of nitrogens with zero attached hydrogens (tertiary/aromatic N) is 3. The summed E-state index contributed by atoms with van der Waals surface area (Å²) >= 11 is 1.39. The number of nitrogens with one attached hydrogen (secondary N) is 1. The lowest BCUT2D eigenvalue weighted by atomic mass is 10.1. The van der Waals surface area contributed by atoms with Gasteiger partial charge in [0.15, 0.2) is 5.13 Å². The molecule has 5 aromatic rings. The van der Waals surface area contributed by atoms with Crippen molar-refractivity contribution in [1.29, 1.82) is 0 Å². The summed E-state index contributed by atoms with van der Waals surface area (Å²) in [7, 11) is 0. The van der Waals surface area contributed by atoms with E-state index >= 15 is 0 Å². The lowest BCUT2D eigenvalue weighted by Gasteiger charge is -2.12. The molecule has 0 aliphatic carbocycles. The van der Waals surface area contributed by atoms with Crippen LogP contribution in [0, 0.1) is 6.92 Å². The van der Waals surface area contributed by atoms with Crippen LogP contribution in [-0.2, 0) is 6.54 Å². The van der Waals surface area contributed by atoms with Gasteiger partial charge in [0.1, 0.15) is 11.2 Å². The molecule has 0 aliphatic rings. The second-order valence-corrected chi connectivity index (χ2v) is 8.33. The molecule has 5 rings (SSSR count). The van der Waals surface area contributed by atoms with Crippen molar-refractivity contribution in [3.8, 4) is 0 Å². The Bertz CT molecular complexity index is 1490. The molecule has 0 saturated carbocycles. The smallest absolute Gasteiger partial charge is 0.265 e. The van der Waals surface area contributed by atoms with Gasteiger partial charge in [0.05, 0.1) is 16.8 Å². The quantitative estimate of drug-likeness (QED) is 0.455. The Balaban J connectivity index is 1.56. The molecule has 0 saturated heterocycles. The molecule has 0 radical (unpaired) electrons. The Kier molecular flexibility index (Phi) is 4.80. The highest BCUT2D eigenvalue weighted by Gasteiger charge is 2.18. The number of fused-ring (bicyclic) bond motifs is 2. The van der Waals surface area contributed by atoms with Gasteiger partial charge in [-0.2, -0.15) is 0 Å². The average molecular weight is 427 g/mol. The summed E-state index contributed by atoms with van der Waals surface area (Å²) in [6.45, 7) is 2.34. The highest BCUT2D eigenvalue weighted by molar-refractivity contribution is 7.22. The van der Waals surface area contributed by atoms with E-state index in [4.69, 9.17) is 0 Å². The van der Waals surface area contributed by atoms with Crippen molar-refractivity contribution in [3.63, 3.8) is 0 Å². The van der Waals surface area contributed by atoms with Gasteiger partial charge in [0.25, 0.3) is 11.5 Å². The Labute approximate surface area is 181 Å². The fraction of sp³-hybridized carbons (Fsp3) is 0.0833. The molecule has 6 nitrogen and oxygen atoms in total. The van der Waals surface area contributed by atoms with Gasteiger partial charge in [-0.05, 0) is 48.4 Å². The molecule has 0 aliphatic heterocycles. The monoisotopic (exact) mass is 426 g/mol. The number of hydrogen-bond acceptors (Lipinski definition) is 5. The zero-order chi connectivity index (χ0) is 21.4. The van der Waals surface area contributed by atoms with Gasteiger partial charge >= 0.3 is 0 Å². The third-order valence-corrected chi connectivity index (χ3v) is 5.97. The number of aromatic nitrogens is 3. The van der Waals surface area contributed by atoms with E-state index in [0.717, 1.165) is 26.7 Å². The first kappa shape index (κ1) is 19.1. The van der Waals surface area contributed by atoms with Crippen molar-refractivity contribution in [3.05, 3.63) is 100.0 Å². The minimum absolute atomic E-state index is 0.0619. The summed E-state index contributed by atoms with van der Waals surface area (Å²) in [4.78, 5) is 35.2. The van der Waals surface area contributed by atoms with Crippen LogP contribution in [0.25, 0.3) is 21.3 Å². The molecule has 0 unspecified atom stereocenters. The number of hydrogen-bond donors (Lipinski definition) is 1. The van der Waals surface area contributed by atoms with Crippen molar-refractivity contribution in [1.82, 2.24) is 14.5 Å². The Morgan fingerprint density at radius 2 is 1.90 bits per heavy atom. The third-order valence-electron chi connectivity index (χ3n) is 5.04. The van der Waals surface area contributed by atoms with Gasteiger partial charge < -0.3 is 0 Å². The maximum Gasteiger partial charge on any atom is 0.265 e. The van der Waals surface area contributed by atoms with Crippen LogP contribution in [0.4, 0.5) is 5.13 Å². The van der Waals surface area contributed by atoms with E-state index in [1.165, 1.54) is 11.3 Å². The number of benzene rings is 2. The molecule has 31 heavy (non-hydrogen) atoms. The minimum Gasteiger partial charge on any atom is -0.298 e. The van der Waals surface area contributed by atoms with E-state index in [9.17, 15) is 9.59 Å². The summed E-state index contributed by atoms with van der Waals surface area (Å²) in [5, 5.41) is 3.99. The number of carbonyl (C=O) groups excluding carboxylic acids is 1. The number of rotatable bonds is 4. The highest BCUT2D eigenvalue weighted by atomic mass is 32.1. The van der Waals surface area contributed by atoms with Crippen LogP contribution >= 0.6 is 11.3 Å². The van der Waals surface area contributed by atoms with Crippen LogP contribution in [-0.4, -0.2) is 20.4 Å². The van der Waals surface area contributed by atoms with Crippen molar-refractivity contribution >= 4 is 43.6 Å². The van der Waals surface area contributed by atoms with Crippen LogP contribution in [0.1, 0.15) is 21.5 Å². The van der Waals surface area contributed by atoms with E-state index in [0.29, 0.717) is 17.3 Å². The van der Waals surface area contributed by atoms with E-state index in [-0.39, 0.29) is 11.1 Å². The molecule has 7 heteroatoms. The topological polar surface area (TPSA) is 76.9 Å². The molecule has 3 heterocycles. The molecule has 0 atom stereocenters. The minimum atomic E-state index is -0.478. The van der Waals surface area contributed by atoms with E-state index in [1.54, 1.807) is 22.9 Å². The Hall–Kier alpha value is -3.84. The summed E-state index contributed by atoms with van der Waals surface area (Å²) in [6, 6.07) is 20.8. The van der Waals surface area contributed by atoms with Crippen molar-refractivity contribution in [2.75, 3.05) is 5.32 Å². The SMILES string of the molecule is Cc1ccc2nc(NC(=O)c3cc4cccnc4n(Cc4ccccc4)c3=O)sc2c1. The van der Waals surface area contributed by atoms with Gasteiger partial charge in [0.2, 0.25) is 0 Å². The van der Waals surface area contributed by atoms with Gasteiger partial charge in [-0.3, -0.25) is 19.5 Å². The third kappa shape index (κ3) is 3.71. The number of thiazole rings is 1. The second-order valence-electron chi connectivity index (χ2n) is 7.30. The predicted molar refractivity (Wildman–Crippen MR) is 124 cm³/mol. The van der Waals surface area contributed by atoms with Crippen LogP contribution < -0.4 is 10.9 Å². The van der Waals surface area contributed by atoms with Crippen LogP contribution in [0.2, 0.25) is 0 Å². The fourth-order valence-electron chi connectivity index (χ4n) is 3.53. The van der Waals surface area contributed by atoms with Crippen LogP contribution in [0.15, 0.2) is 77.7 Å². The standard InChI is InChI=1S/C24H18N4O2S/c1-15-9-10-19-20(12-15)31-24(26-19)27-22(29)18-13-17-8-5-11-25-21(17)28(23(18)30)14-16-6-3-2-4-7-16/h2-13H,14H2,1H3,(H,26,27,29). The first-order chi connectivity index (χ1) is 15.1. The van der Waals surface area contributed by atoms with E-state index < -0.39 is 5.91 Å². The number of anilines is 1. The lowest BCUT2D eigenvalue weighted by molar-refractivity contribution is 0.102. The molecule has 3 aromatic heterocycles. The van der Waals surface area contributed by atoms with E-state index in [2.05, 4.69) is 15.3 Å². The number of carbonyl (C=O) groups is 1. The van der Waals surface area contributed by atoms with Crippen LogP contribution in [0.5, 0.6) is 0 Å². The first-order valence-corrected chi connectivity index (χ1v) is 10.6. The van der Waals surface area contributed by atoms with Gasteiger partial charge in [-0.1, -0.05) is 47.7 Å². The average Bonchev–Trinajstić information content (AvgIpc) is 3.17. The van der Waals surface area contributed by atoms with Gasteiger partial charge in [-0.15, -0.1) is 0 Å². The summed E-state index contributed by atoms with van der Waals surface area (Å²) in [5.41, 5.74) is 3.12. The number of aryl methyl sites for hydroxylation is 1. The normalized spacial score (nSPS) is 11.1. The Morgan fingerprint density at radius 3 is 2.74 bits per heavy atom. The number of pyridine rings is 2. The van der Waals surface area contributed by atoms with Crippen molar-refractivity contribution in [2.24, 2.45) is 0 Å². The molecule has 152 valence electrons. The lowest BCUT2D eigenvalue weighted by Crippen LogP contribution is -2.30. The molecule has 1 amide bonds. The van der Waals surface area contributed by atoms with Crippen molar-refractivity contribution < 1.29 is 4.79 Å². The largest absolute Gasteiger partial charge is 0.298 e. The Morgan fingerprint density at radius 1 is 1.06 bits per heavy atom. The summed E-state index contributed by atoms with van der Waals surface area (Å²) < 4.78 is 2.53. The van der Waals surface area contributed by atoms with Crippen LogP contribution in [0.3, 0.4) is 0 Å². The second kappa shape index (κ2) is 7.77. The fourth-order valence-corrected chi connectivity index (χ4v) is 4.49. The first-order valence-electron chi connectivity index (χ1n) is 9.79. The molecule has 0 bridgehead atoms. The van der Waals surface area contributed by atoms with Gasteiger partial charge in [0, 0.05) is 11.6 Å². The molecular weight excluding hydrogens is 408 g/mol.